The lowest BCUT2D eigenvalue weighted by Gasteiger charge is -2.08. The number of carbonyl (C=O) groups excluding carboxylic acids is 2. The Balaban J connectivity index is 2.40. The van der Waals surface area contributed by atoms with E-state index < -0.39 is 11.9 Å². The fourth-order valence-electron chi connectivity index (χ4n) is 2.33. The largest absolute Gasteiger partial charge is 0.462 e. The van der Waals surface area contributed by atoms with E-state index >= 15 is 0 Å². The number of rotatable bonds is 12. The van der Waals surface area contributed by atoms with Crippen LogP contribution in [0, 0.1) is 0 Å². The zero-order valence-corrected chi connectivity index (χ0v) is 15.5. The lowest BCUT2D eigenvalue weighted by molar-refractivity contribution is 0.0461. The minimum atomic E-state index is -0.486. The molecule has 0 radical (unpaired) electrons. The summed E-state index contributed by atoms with van der Waals surface area (Å²) in [5, 5.41) is 0. The first kappa shape index (κ1) is 20.9. The SMILES string of the molecule is CCCCCC/C=C/CCOC(=O)c1ccccc1C(=O)OCCC. The van der Waals surface area contributed by atoms with Crippen LogP contribution >= 0.6 is 0 Å². The number of hydrogen-bond donors (Lipinski definition) is 0. The molecule has 0 saturated carbocycles. The zero-order valence-electron chi connectivity index (χ0n) is 15.5. The maximum Gasteiger partial charge on any atom is 0.339 e. The summed E-state index contributed by atoms with van der Waals surface area (Å²) in [6.45, 7) is 4.77. The van der Waals surface area contributed by atoms with Crippen LogP contribution < -0.4 is 0 Å². The van der Waals surface area contributed by atoms with E-state index in [1.165, 1.54) is 25.7 Å². The molecule has 0 spiro atoms. The molecule has 1 aromatic carbocycles. The monoisotopic (exact) mass is 346 g/mol. The summed E-state index contributed by atoms with van der Waals surface area (Å²) in [4.78, 5) is 24.2. The second kappa shape index (κ2) is 13.2. The molecular weight excluding hydrogens is 316 g/mol. The third-order valence-corrected chi connectivity index (χ3v) is 3.71. The van der Waals surface area contributed by atoms with Crippen LogP contribution in [-0.2, 0) is 9.47 Å². The van der Waals surface area contributed by atoms with Gasteiger partial charge in [-0.2, -0.15) is 0 Å². The van der Waals surface area contributed by atoms with Crippen molar-refractivity contribution in [1.29, 1.82) is 0 Å². The van der Waals surface area contributed by atoms with Crippen molar-refractivity contribution in [1.82, 2.24) is 0 Å². The molecule has 0 aliphatic carbocycles. The predicted molar refractivity (Wildman–Crippen MR) is 99.8 cm³/mol. The van der Waals surface area contributed by atoms with Crippen molar-refractivity contribution in [2.75, 3.05) is 13.2 Å². The Kier molecular flexibility index (Phi) is 11.1. The summed E-state index contributed by atoms with van der Waals surface area (Å²) in [7, 11) is 0. The van der Waals surface area contributed by atoms with E-state index in [-0.39, 0.29) is 11.1 Å². The second-order valence-corrected chi connectivity index (χ2v) is 5.93. The topological polar surface area (TPSA) is 52.6 Å². The van der Waals surface area contributed by atoms with E-state index in [0.29, 0.717) is 19.6 Å². The van der Waals surface area contributed by atoms with Gasteiger partial charge in [-0.05, 0) is 37.8 Å². The Hall–Kier alpha value is -2.10. The van der Waals surface area contributed by atoms with Crippen molar-refractivity contribution in [3.05, 3.63) is 47.5 Å². The molecule has 0 aliphatic heterocycles. The molecule has 0 fully saturated rings. The van der Waals surface area contributed by atoms with Gasteiger partial charge < -0.3 is 9.47 Å². The van der Waals surface area contributed by atoms with Crippen LogP contribution in [0.3, 0.4) is 0 Å². The highest BCUT2D eigenvalue weighted by Crippen LogP contribution is 2.12. The second-order valence-electron chi connectivity index (χ2n) is 5.93. The Morgan fingerprint density at radius 2 is 1.40 bits per heavy atom. The van der Waals surface area contributed by atoms with Gasteiger partial charge in [-0.3, -0.25) is 0 Å². The summed E-state index contributed by atoms with van der Waals surface area (Å²) < 4.78 is 10.4. The molecule has 0 unspecified atom stereocenters. The van der Waals surface area contributed by atoms with Crippen LogP contribution in [-0.4, -0.2) is 25.2 Å². The molecular formula is C21H30O4. The fourth-order valence-corrected chi connectivity index (χ4v) is 2.33. The summed E-state index contributed by atoms with van der Waals surface area (Å²) in [5.41, 5.74) is 0.513. The number of hydrogen-bond acceptors (Lipinski definition) is 4. The first-order valence-corrected chi connectivity index (χ1v) is 9.29. The third-order valence-electron chi connectivity index (χ3n) is 3.71. The van der Waals surface area contributed by atoms with Crippen LogP contribution in [0.1, 0.15) is 79.5 Å². The predicted octanol–water partition coefficient (Wildman–Crippen LogP) is 5.33. The van der Waals surface area contributed by atoms with Gasteiger partial charge in [-0.15, -0.1) is 0 Å². The molecule has 0 heterocycles. The Morgan fingerprint density at radius 3 is 2.00 bits per heavy atom. The van der Waals surface area contributed by atoms with E-state index in [9.17, 15) is 9.59 Å². The molecule has 0 aromatic heterocycles. The summed E-state index contributed by atoms with van der Waals surface area (Å²) in [5.74, 6) is -0.971. The van der Waals surface area contributed by atoms with Crippen LogP contribution in [0.15, 0.2) is 36.4 Å². The average Bonchev–Trinajstić information content (AvgIpc) is 2.64. The van der Waals surface area contributed by atoms with Gasteiger partial charge in [0.2, 0.25) is 0 Å². The lowest BCUT2D eigenvalue weighted by atomic mass is 10.1. The molecule has 0 amide bonds. The molecule has 138 valence electrons. The molecule has 1 rings (SSSR count). The number of benzene rings is 1. The molecule has 0 bridgehead atoms. The van der Waals surface area contributed by atoms with Gasteiger partial charge in [0.1, 0.15) is 0 Å². The minimum Gasteiger partial charge on any atom is -0.462 e. The standard InChI is InChI=1S/C21H30O4/c1-3-5-6-7-8-9-10-13-17-25-21(23)19-15-12-11-14-18(19)20(22)24-16-4-2/h9-12,14-15H,3-8,13,16-17H2,1-2H3/b10-9+. The van der Waals surface area contributed by atoms with E-state index in [0.717, 1.165) is 12.8 Å². The van der Waals surface area contributed by atoms with Crippen LogP contribution in [0.25, 0.3) is 0 Å². The number of esters is 2. The smallest absolute Gasteiger partial charge is 0.339 e. The molecule has 0 saturated heterocycles. The molecule has 4 nitrogen and oxygen atoms in total. The van der Waals surface area contributed by atoms with Gasteiger partial charge in [0.15, 0.2) is 0 Å². The van der Waals surface area contributed by atoms with Crippen molar-refractivity contribution in [3.63, 3.8) is 0 Å². The minimum absolute atomic E-state index is 0.257. The molecule has 0 N–H and O–H groups in total. The van der Waals surface area contributed by atoms with Gasteiger partial charge in [0.25, 0.3) is 0 Å². The summed E-state index contributed by atoms with van der Waals surface area (Å²) in [6, 6.07) is 6.60. The number of carbonyl (C=O) groups is 2. The Morgan fingerprint density at radius 1 is 0.800 bits per heavy atom. The van der Waals surface area contributed by atoms with Gasteiger partial charge in [0, 0.05) is 0 Å². The number of ether oxygens (including phenoxy) is 2. The Bertz CT molecular complexity index is 549. The summed E-state index contributed by atoms with van der Waals surface area (Å²) >= 11 is 0. The highest BCUT2D eigenvalue weighted by molar-refractivity contribution is 6.03. The van der Waals surface area contributed by atoms with Gasteiger partial charge >= 0.3 is 11.9 Å². The average molecular weight is 346 g/mol. The molecule has 0 aliphatic rings. The van der Waals surface area contributed by atoms with Gasteiger partial charge in [-0.1, -0.05) is 57.4 Å². The highest BCUT2D eigenvalue weighted by Gasteiger charge is 2.18. The van der Waals surface area contributed by atoms with Crippen molar-refractivity contribution in [2.24, 2.45) is 0 Å². The van der Waals surface area contributed by atoms with Crippen molar-refractivity contribution in [2.45, 2.75) is 58.8 Å². The zero-order chi connectivity index (χ0) is 18.3. The molecule has 1 aromatic rings. The van der Waals surface area contributed by atoms with Crippen LogP contribution in [0.4, 0.5) is 0 Å². The van der Waals surface area contributed by atoms with E-state index in [1.807, 2.05) is 13.0 Å². The summed E-state index contributed by atoms with van der Waals surface area (Å²) in [6.07, 6.45) is 11.7. The van der Waals surface area contributed by atoms with Crippen LogP contribution in [0.5, 0.6) is 0 Å². The van der Waals surface area contributed by atoms with Crippen molar-refractivity contribution < 1.29 is 19.1 Å². The quantitative estimate of drug-likeness (QED) is 0.292. The van der Waals surface area contributed by atoms with E-state index in [2.05, 4.69) is 13.0 Å². The molecule has 0 atom stereocenters. The first-order chi connectivity index (χ1) is 12.2. The third kappa shape index (κ3) is 8.52. The van der Waals surface area contributed by atoms with Crippen molar-refractivity contribution >= 4 is 11.9 Å². The molecule has 4 heteroatoms. The normalized spacial score (nSPS) is 10.8. The Labute approximate surface area is 151 Å². The van der Waals surface area contributed by atoms with Gasteiger partial charge in [0.05, 0.1) is 24.3 Å². The lowest BCUT2D eigenvalue weighted by Crippen LogP contribution is -2.14. The number of unbranched alkanes of at least 4 members (excludes halogenated alkanes) is 4. The van der Waals surface area contributed by atoms with Gasteiger partial charge in [-0.25, -0.2) is 9.59 Å². The van der Waals surface area contributed by atoms with E-state index in [4.69, 9.17) is 9.47 Å². The number of allylic oxidation sites excluding steroid dienone is 1. The maximum absolute atomic E-state index is 12.2. The molecule has 25 heavy (non-hydrogen) atoms. The van der Waals surface area contributed by atoms with Crippen molar-refractivity contribution in [3.8, 4) is 0 Å². The van der Waals surface area contributed by atoms with Crippen LogP contribution in [0.2, 0.25) is 0 Å². The first-order valence-electron chi connectivity index (χ1n) is 9.29. The van der Waals surface area contributed by atoms with E-state index in [1.54, 1.807) is 24.3 Å². The maximum atomic E-state index is 12.2. The fraction of sp³-hybridized carbons (Fsp3) is 0.524. The highest BCUT2D eigenvalue weighted by atomic mass is 16.5.